The Balaban J connectivity index is 1.81. The summed E-state index contributed by atoms with van der Waals surface area (Å²) in [5.74, 6) is 0.679. The maximum atomic E-state index is 11.9. The molecule has 0 spiro atoms. The number of rotatable bonds is 7. The molecule has 0 fully saturated rings. The zero-order valence-electron chi connectivity index (χ0n) is 13.4. The quantitative estimate of drug-likeness (QED) is 0.832. The highest BCUT2D eigenvalue weighted by atomic mass is 16.5. The van der Waals surface area contributed by atoms with Crippen LogP contribution in [0.25, 0.3) is 0 Å². The molecule has 0 radical (unpaired) electrons. The molecule has 0 aliphatic carbocycles. The lowest BCUT2D eigenvalue weighted by Gasteiger charge is -2.08. The molecule has 122 valence electrons. The fraction of sp³-hybridized carbons (Fsp3) is 0.353. The highest BCUT2D eigenvalue weighted by Crippen LogP contribution is 2.11. The van der Waals surface area contributed by atoms with Crippen LogP contribution in [-0.2, 0) is 24.2 Å². The summed E-state index contributed by atoms with van der Waals surface area (Å²) in [4.78, 5) is 27.9. The molecular weight excluding hydrogens is 294 g/mol. The van der Waals surface area contributed by atoms with Gasteiger partial charge >= 0.3 is 0 Å². The molecule has 2 rings (SSSR count). The number of hydrogen-bond donors (Lipinski definition) is 1. The number of methoxy groups -OCH3 is 1. The Morgan fingerprint density at radius 2 is 2.04 bits per heavy atom. The van der Waals surface area contributed by atoms with Crippen LogP contribution in [0.15, 0.2) is 41.5 Å². The summed E-state index contributed by atoms with van der Waals surface area (Å²) < 4.78 is 6.57. The second-order valence-electron chi connectivity index (χ2n) is 5.14. The van der Waals surface area contributed by atoms with Crippen LogP contribution < -0.4 is 15.6 Å². The summed E-state index contributed by atoms with van der Waals surface area (Å²) in [6, 6.07) is 8.89. The molecule has 1 heterocycles. The fourth-order valence-corrected chi connectivity index (χ4v) is 2.13. The number of nitrogens with zero attached hydrogens (tertiary/aromatic N) is 2. The standard InChI is InChI=1S/C17H21N3O3/c1-3-14-11-17(22)20(12-19-14)9-8-18-16(21)10-13-4-6-15(23-2)7-5-13/h4-7,11-12H,3,8-10H2,1-2H3,(H,18,21). The Labute approximate surface area is 135 Å². The van der Waals surface area contributed by atoms with Crippen LogP contribution >= 0.6 is 0 Å². The third-order valence-corrected chi connectivity index (χ3v) is 3.50. The first-order chi connectivity index (χ1) is 11.1. The monoisotopic (exact) mass is 315 g/mol. The molecule has 0 aliphatic heterocycles. The molecule has 0 saturated heterocycles. The van der Waals surface area contributed by atoms with Crippen LogP contribution in [0, 0.1) is 0 Å². The van der Waals surface area contributed by atoms with Crippen molar-refractivity contribution >= 4 is 5.91 Å². The van der Waals surface area contributed by atoms with E-state index in [4.69, 9.17) is 4.74 Å². The van der Waals surface area contributed by atoms with Gasteiger partial charge in [-0.05, 0) is 24.1 Å². The Kier molecular flexibility index (Phi) is 5.91. The van der Waals surface area contributed by atoms with Crippen LogP contribution in [0.2, 0.25) is 0 Å². The van der Waals surface area contributed by atoms with Gasteiger partial charge in [-0.2, -0.15) is 0 Å². The first-order valence-electron chi connectivity index (χ1n) is 7.57. The summed E-state index contributed by atoms with van der Waals surface area (Å²) in [5.41, 5.74) is 1.59. The second-order valence-corrected chi connectivity index (χ2v) is 5.14. The van der Waals surface area contributed by atoms with E-state index in [1.165, 1.54) is 17.0 Å². The number of carbonyl (C=O) groups is 1. The average molecular weight is 315 g/mol. The number of aryl methyl sites for hydroxylation is 1. The van der Waals surface area contributed by atoms with Crippen LogP contribution in [0.1, 0.15) is 18.2 Å². The van der Waals surface area contributed by atoms with Crippen molar-refractivity contribution in [2.45, 2.75) is 26.3 Å². The molecule has 0 atom stereocenters. The first-order valence-corrected chi connectivity index (χ1v) is 7.57. The van der Waals surface area contributed by atoms with Gasteiger partial charge in [-0.1, -0.05) is 19.1 Å². The normalized spacial score (nSPS) is 10.3. The zero-order chi connectivity index (χ0) is 16.7. The van der Waals surface area contributed by atoms with Crippen molar-refractivity contribution in [2.75, 3.05) is 13.7 Å². The number of amides is 1. The Hall–Kier alpha value is -2.63. The number of carbonyl (C=O) groups excluding carboxylic acids is 1. The smallest absolute Gasteiger partial charge is 0.253 e. The largest absolute Gasteiger partial charge is 0.497 e. The molecule has 23 heavy (non-hydrogen) atoms. The Bertz CT molecular complexity index is 708. The van der Waals surface area contributed by atoms with E-state index in [1.807, 2.05) is 31.2 Å². The summed E-state index contributed by atoms with van der Waals surface area (Å²) in [6.45, 7) is 2.75. The third-order valence-electron chi connectivity index (χ3n) is 3.50. The van der Waals surface area contributed by atoms with Gasteiger partial charge in [0.1, 0.15) is 5.75 Å². The highest BCUT2D eigenvalue weighted by molar-refractivity contribution is 5.78. The van der Waals surface area contributed by atoms with E-state index >= 15 is 0 Å². The van der Waals surface area contributed by atoms with E-state index in [9.17, 15) is 9.59 Å². The van der Waals surface area contributed by atoms with Gasteiger partial charge in [-0.25, -0.2) is 4.98 Å². The Morgan fingerprint density at radius 1 is 1.30 bits per heavy atom. The SMILES string of the molecule is CCc1cc(=O)n(CCNC(=O)Cc2ccc(OC)cc2)cn1. The number of benzene rings is 1. The number of ether oxygens (including phenoxy) is 1. The molecule has 0 aliphatic rings. The molecule has 0 unspecified atom stereocenters. The molecular formula is C17H21N3O3. The van der Waals surface area contributed by atoms with Gasteiger partial charge in [-0.15, -0.1) is 0 Å². The summed E-state index contributed by atoms with van der Waals surface area (Å²) >= 11 is 0. The predicted molar refractivity (Wildman–Crippen MR) is 87.6 cm³/mol. The molecule has 2 aromatic rings. The maximum absolute atomic E-state index is 11.9. The molecule has 1 N–H and O–H groups in total. The van der Waals surface area contributed by atoms with E-state index < -0.39 is 0 Å². The molecule has 6 heteroatoms. The maximum Gasteiger partial charge on any atom is 0.253 e. The van der Waals surface area contributed by atoms with Crippen molar-refractivity contribution in [3.05, 3.63) is 58.3 Å². The number of aromatic nitrogens is 2. The molecule has 1 amide bonds. The summed E-state index contributed by atoms with van der Waals surface area (Å²) in [7, 11) is 1.60. The van der Waals surface area contributed by atoms with Gasteiger partial charge in [0, 0.05) is 24.8 Å². The van der Waals surface area contributed by atoms with Crippen molar-refractivity contribution in [3.8, 4) is 5.75 Å². The Morgan fingerprint density at radius 3 is 2.65 bits per heavy atom. The lowest BCUT2D eigenvalue weighted by Crippen LogP contribution is -2.31. The van der Waals surface area contributed by atoms with E-state index in [0.717, 1.165) is 23.4 Å². The van der Waals surface area contributed by atoms with Crippen LogP contribution in [0.3, 0.4) is 0 Å². The van der Waals surface area contributed by atoms with Crippen molar-refractivity contribution in [2.24, 2.45) is 0 Å². The number of hydrogen-bond acceptors (Lipinski definition) is 4. The minimum atomic E-state index is -0.0961. The van der Waals surface area contributed by atoms with Gasteiger partial charge in [0.15, 0.2) is 0 Å². The van der Waals surface area contributed by atoms with Gasteiger partial charge in [0.2, 0.25) is 5.91 Å². The van der Waals surface area contributed by atoms with Crippen molar-refractivity contribution < 1.29 is 9.53 Å². The summed E-state index contributed by atoms with van der Waals surface area (Å²) in [5, 5.41) is 2.81. The minimum Gasteiger partial charge on any atom is -0.497 e. The lowest BCUT2D eigenvalue weighted by atomic mass is 10.1. The van der Waals surface area contributed by atoms with Crippen LogP contribution in [-0.4, -0.2) is 29.1 Å². The van der Waals surface area contributed by atoms with Crippen molar-refractivity contribution in [1.82, 2.24) is 14.9 Å². The number of nitrogens with one attached hydrogen (secondary N) is 1. The molecule has 1 aromatic carbocycles. The van der Waals surface area contributed by atoms with Crippen molar-refractivity contribution in [3.63, 3.8) is 0 Å². The molecule has 0 bridgehead atoms. The topological polar surface area (TPSA) is 73.2 Å². The van der Waals surface area contributed by atoms with Crippen LogP contribution in [0.5, 0.6) is 5.75 Å². The van der Waals surface area contributed by atoms with E-state index in [0.29, 0.717) is 19.5 Å². The van der Waals surface area contributed by atoms with Gasteiger partial charge in [0.05, 0.1) is 19.9 Å². The minimum absolute atomic E-state index is 0.0821. The average Bonchev–Trinajstić information content (AvgIpc) is 2.57. The second kappa shape index (κ2) is 8.12. The highest BCUT2D eigenvalue weighted by Gasteiger charge is 2.04. The van der Waals surface area contributed by atoms with E-state index in [1.54, 1.807) is 7.11 Å². The van der Waals surface area contributed by atoms with E-state index in [2.05, 4.69) is 10.3 Å². The third kappa shape index (κ3) is 4.95. The van der Waals surface area contributed by atoms with Gasteiger partial charge in [-0.3, -0.25) is 14.2 Å². The van der Waals surface area contributed by atoms with Gasteiger partial charge in [0.25, 0.3) is 5.56 Å². The fourth-order valence-electron chi connectivity index (χ4n) is 2.13. The molecule has 0 saturated carbocycles. The predicted octanol–water partition coefficient (Wildman–Crippen LogP) is 1.17. The lowest BCUT2D eigenvalue weighted by molar-refractivity contribution is -0.120. The van der Waals surface area contributed by atoms with Crippen molar-refractivity contribution in [1.29, 1.82) is 0 Å². The van der Waals surface area contributed by atoms with E-state index in [-0.39, 0.29) is 11.5 Å². The summed E-state index contributed by atoms with van der Waals surface area (Å²) in [6.07, 6.45) is 2.55. The van der Waals surface area contributed by atoms with Gasteiger partial charge < -0.3 is 10.1 Å². The molecule has 1 aromatic heterocycles. The van der Waals surface area contributed by atoms with Crippen LogP contribution in [0.4, 0.5) is 0 Å². The zero-order valence-corrected chi connectivity index (χ0v) is 13.4. The molecule has 6 nitrogen and oxygen atoms in total. The first kappa shape index (κ1) is 16.7.